The number of benzene rings is 9. The predicted molar refractivity (Wildman–Crippen MR) is 255 cm³/mol. The number of aromatic nitrogens is 2. The summed E-state index contributed by atoms with van der Waals surface area (Å²) in [5.41, 5.74) is 22.5. The minimum Gasteiger partial charge on any atom is -0.228 e. The Hall–Kier alpha value is -7.68. The summed E-state index contributed by atoms with van der Waals surface area (Å²) in [5, 5.41) is 2.53. The molecule has 0 fully saturated rings. The quantitative estimate of drug-likeness (QED) is 0.177. The van der Waals surface area contributed by atoms with Gasteiger partial charge in [0.1, 0.15) is 0 Å². The van der Waals surface area contributed by atoms with Crippen LogP contribution in [0.4, 0.5) is 0 Å². The molecule has 0 N–H and O–H groups in total. The topological polar surface area (TPSA) is 25.8 Å². The molecular formula is C60H40N2. The van der Waals surface area contributed by atoms with Gasteiger partial charge in [0.15, 0.2) is 5.82 Å². The molecule has 1 heterocycles. The zero-order chi connectivity index (χ0) is 41.2. The maximum atomic E-state index is 5.48. The zero-order valence-electron chi connectivity index (χ0n) is 34.5. The Labute approximate surface area is 361 Å². The molecule has 0 bridgehead atoms. The van der Waals surface area contributed by atoms with E-state index in [1.165, 1.54) is 83.1 Å². The Morgan fingerprint density at radius 3 is 1.47 bits per heavy atom. The molecule has 1 spiro atoms. The third-order valence-corrected chi connectivity index (χ3v) is 14.1. The molecule has 0 unspecified atom stereocenters. The molecular weight excluding hydrogens is 749 g/mol. The summed E-state index contributed by atoms with van der Waals surface area (Å²) in [4.78, 5) is 10.9. The highest BCUT2D eigenvalue weighted by Crippen LogP contribution is 2.64. The van der Waals surface area contributed by atoms with Crippen LogP contribution in [-0.4, -0.2) is 9.97 Å². The van der Waals surface area contributed by atoms with Gasteiger partial charge in [0.05, 0.1) is 16.8 Å². The molecule has 62 heavy (non-hydrogen) atoms. The van der Waals surface area contributed by atoms with E-state index >= 15 is 0 Å². The molecule has 9 aromatic carbocycles. The van der Waals surface area contributed by atoms with Crippen molar-refractivity contribution in [1.82, 2.24) is 9.97 Å². The van der Waals surface area contributed by atoms with E-state index < -0.39 is 5.41 Å². The van der Waals surface area contributed by atoms with Crippen LogP contribution in [0, 0.1) is 0 Å². The second kappa shape index (κ2) is 12.9. The summed E-state index contributed by atoms with van der Waals surface area (Å²) in [6, 6.07) is 75.8. The number of hydrogen-bond donors (Lipinski definition) is 0. The van der Waals surface area contributed by atoms with Crippen LogP contribution in [0.3, 0.4) is 0 Å². The van der Waals surface area contributed by atoms with E-state index in [9.17, 15) is 0 Å². The summed E-state index contributed by atoms with van der Waals surface area (Å²) in [7, 11) is 0. The van der Waals surface area contributed by atoms with Crippen LogP contribution in [0.15, 0.2) is 206 Å². The Morgan fingerprint density at radius 2 is 0.774 bits per heavy atom. The molecule has 0 radical (unpaired) electrons. The monoisotopic (exact) mass is 788 g/mol. The lowest BCUT2D eigenvalue weighted by atomic mass is 9.70. The molecule has 290 valence electrons. The first kappa shape index (κ1) is 35.1. The lowest BCUT2D eigenvalue weighted by molar-refractivity contribution is 0.661. The molecule has 2 heteroatoms. The first-order chi connectivity index (χ1) is 30.5. The van der Waals surface area contributed by atoms with Gasteiger partial charge in [-0.25, -0.2) is 9.97 Å². The van der Waals surface area contributed by atoms with E-state index in [1.54, 1.807) is 0 Å². The van der Waals surface area contributed by atoms with Crippen LogP contribution in [0.1, 0.15) is 47.2 Å². The van der Waals surface area contributed by atoms with E-state index in [1.807, 2.05) is 0 Å². The first-order valence-corrected chi connectivity index (χ1v) is 21.7. The third kappa shape index (κ3) is 4.69. The fraction of sp³-hybridized carbons (Fsp3) is 0.0667. The minimum absolute atomic E-state index is 0.149. The van der Waals surface area contributed by atoms with Gasteiger partial charge in [0, 0.05) is 22.1 Å². The molecule has 10 aromatic rings. The molecule has 0 saturated heterocycles. The zero-order valence-corrected chi connectivity index (χ0v) is 34.5. The Kier molecular flexibility index (Phi) is 7.31. The Morgan fingerprint density at radius 1 is 0.306 bits per heavy atom. The van der Waals surface area contributed by atoms with Crippen LogP contribution in [0.2, 0.25) is 0 Å². The highest BCUT2D eigenvalue weighted by atomic mass is 14.9. The van der Waals surface area contributed by atoms with Crippen LogP contribution in [0.5, 0.6) is 0 Å². The predicted octanol–water partition coefficient (Wildman–Crippen LogP) is 14.9. The molecule has 0 saturated carbocycles. The first-order valence-electron chi connectivity index (χ1n) is 21.7. The third-order valence-electron chi connectivity index (χ3n) is 14.1. The Bertz CT molecular complexity index is 3460. The van der Waals surface area contributed by atoms with E-state index in [-0.39, 0.29) is 5.41 Å². The number of hydrogen-bond acceptors (Lipinski definition) is 2. The van der Waals surface area contributed by atoms with Crippen LogP contribution >= 0.6 is 0 Å². The van der Waals surface area contributed by atoms with E-state index in [0.29, 0.717) is 5.82 Å². The molecule has 0 atom stereocenters. The summed E-state index contributed by atoms with van der Waals surface area (Å²) in [5.74, 6) is 0.708. The van der Waals surface area contributed by atoms with Crippen LogP contribution < -0.4 is 0 Å². The second-order valence-corrected chi connectivity index (χ2v) is 17.6. The van der Waals surface area contributed by atoms with Gasteiger partial charge in [-0.1, -0.05) is 202 Å². The van der Waals surface area contributed by atoms with Gasteiger partial charge in [-0.05, 0) is 107 Å². The van der Waals surface area contributed by atoms with Gasteiger partial charge in [-0.15, -0.1) is 0 Å². The van der Waals surface area contributed by atoms with Crippen molar-refractivity contribution in [2.75, 3.05) is 0 Å². The number of rotatable bonds is 4. The summed E-state index contributed by atoms with van der Waals surface area (Å²) >= 11 is 0. The van der Waals surface area contributed by atoms with Crippen molar-refractivity contribution >= 4 is 10.8 Å². The fourth-order valence-corrected chi connectivity index (χ4v) is 11.4. The van der Waals surface area contributed by atoms with Crippen molar-refractivity contribution in [3.8, 4) is 78.4 Å². The second-order valence-electron chi connectivity index (χ2n) is 17.6. The average Bonchev–Trinajstić information content (AvgIpc) is 3.89. The standard InChI is InChI=1S/C60H40N2/c1-59(2)51-32-16-27-44(56(51)47-34-38-20-6-7-21-39(38)35-53(47)59)40-22-8-9-25-43(40)54-36-55(62-58(61-54)37-18-4-3-5-19-37)46-28-17-33-52-57(46)45-26-12-15-31-50(45)60(52)48-29-13-10-23-41(48)42-24-11-14-30-49(42)60/h3-36H,1-2H3. The fourth-order valence-electron chi connectivity index (χ4n) is 11.4. The van der Waals surface area contributed by atoms with Gasteiger partial charge < -0.3 is 0 Å². The van der Waals surface area contributed by atoms with Crippen molar-refractivity contribution in [2.45, 2.75) is 24.7 Å². The summed E-state index contributed by atoms with van der Waals surface area (Å²) in [6.45, 7) is 4.74. The van der Waals surface area contributed by atoms with Gasteiger partial charge in [0.25, 0.3) is 0 Å². The smallest absolute Gasteiger partial charge is 0.160 e. The maximum absolute atomic E-state index is 5.48. The van der Waals surface area contributed by atoms with Crippen molar-refractivity contribution in [2.24, 2.45) is 0 Å². The molecule has 2 nitrogen and oxygen atoms in total. The number of nitrogens with zero attached hydrogens (tertiary/aromatic N) is 2. The minimum atomic E-state index is -0.442. The van der Waals surface area contributed by atoms with Crippen LogP contribution in [-0.2, 0) is 10.8 Å². The SMILES string of the molecule is CC1(C)c2cc3ccccc3cc2-c2c(-c3ccccc3-c3cc(-c4cccc5c4-c4ccccc4C54c5ccccc5-c5ccccc54)nc(-c4ccccc4)n3)cccc21. The van der Waals surface area contributed by atoms with E-state index in [4.69, 9.17) is 9.97 Å². The van der Waals surface area contributed by atoms with Crippen molar-refractivity contribution < 1.29 is 0 Å². The lowest BCUT2D eigenvalue weighted by Gasteiger charge is -2.30. The average molecular weight is 789 g/mol. The Balaban J connectivity index is 1.06. The highest BCUT2D eigenvalue weighted by molar-refractivity contribution is 6.02. The summed E-state index contributed by atoms with van der Waals surface area (Å²) < 4.78 is 0. The van der Waals surface area contributed by atoms with Crippen LogP contribution in [0.25, 0.3) is 89.2 Å². The van der Waals surface area contributed by atoms with Crippen molar-refractivity contribution in [3.63, 3.8) is 0 Å². The summed E-state index contributed by atoms with van der Waals surface area (Å²) in [6.07, 6.45) is 0. The normalized spacial score (nSPS) is 14.2. The molecule has 3 aliphatic rings. The van der Waals surface area contributed by atoms with E-state index in [2.05, 4.69) is 220 Å². The molecule has 3 aliphatic carbocycles. The van der Waals surface area contributed by atoms with Crippen molar-refractivity contribution in [1.29, 1.82) is 0 Å². The largest absolute Gasteiger partial charge is 0.228 e. The van der Waals surface area contributed by atoms with Crippen molar-refractivity contribution in [3.05, 3.63) is 240 Å². The molecule has 0 aliphatic heterocycles. The van der Waals surface area contributed by atoms with E-state index in [0.717, 1.165) is 33.6 Å². The molecule has 13 rings (SSSR count). The van der Waals surface area contributed by atoms with Gasteiger partial charge in [-0.2, -0.15) is 0 Å². The van der Waals surface area contributed by atoms with Gasteiger partial charge >= 0.3 is 0 Å². The lowest BCUT2D eigenvalue weighted by Crippen LogP contribution is -2.25. The van der Waals surface area contributed by atoms with Gasteiger partial charge in [-0.3, -0.25) is 0 Å². The molecule has 1 aromatic heterocycles. The number of fused-ring (bicyclic) bond motifs is 14. The maximum Gasteiger partial charge on any atom is 0.160 e. The molecule has 0 amide bonds. The van der Waals surface area contributed by atoms with Gasteiger partial charge in [0.2, 0.25) is 0 Å². The highest BCUT2D eigenvalue weighted by Gasteiger charge is 2.52.